The average molecular weight is 429 g/mol. The molecule has 1 aromatic carbocycles. The SMILES string of the molecule is Cc1ccc(S(=O)(=O)N2CCN(c3nc(Cl)ncc3F)CC2)cc1CC(=O)O. The predicted octanol–water partition coefficient (Wildman–Crippen LogP) is 1.72. The van der Waals surface area contributed by atoms with Crippen LogP contribution in [0.25, 0.3) is 0 Å². The van der Waals surface area contributed by atoms with Gasteiger partial charge in [0, 0.05) is 26.2 Å². The third-order valence-corrected chi connectivity index (χ3v) is 6.61. The monoisotopic (exact) mass is 428 g/mol. The first-order chi connectivity index (χ1) is 13.2. The van der Waals surface area contributed by atoms with Crippen LogP contribution in [0.15, 0.2) is 29.3 Å². The normalized spacial score (nSPS) is 15.6. The number of benzene rings is 1. The molecule has 8 nitrogen and oxygen atoms in total. The van der Waals surface area contributed by atoms with E-state index in [9.17, 15) is 17.6 Å². The lowest BCUT2D eigenvalue weighted by Gasteiger charge is -2.34. The highest BCUT2D eigenvalue weighted by Crippen LogP contribution is 2.24. The van der Waals surface area contributed by atoms with Crippen molar-refractivity contribution in [3.63, 3.8) is 0 Å². The van der Waals surface area contributed by atoms with Gasteiger partial charge >= 0.3 is 5.97 Å². The number of rotatable bonds is 5. The maximum atomic E-state index is 13.9. The van der Waals surface area contributed by atoms with Crippen molar-refractivity contribution < 1.29 is 22.7 Å². The van der Waals surface area contributed by atoms with Crippen LogP contribution < -0.4 is 4.90 Å². The Bertz CT molecular complexity index is 1010. The maximum absolute atomic E-state index is 13.9. The van der Waals surface area contributed by atoms with Gasteiger partial charge in [0.15, 0.2) is 11.6 Å². The van der Waals surface area contributed by atoms with Gasteiger partial charge in [0.2, 0.25) is 15.3 Å². The topological polar surface area (TPSA) is 104 Å². The molecule has 0 atom stereocenters. The number of carboxylic acids is 1. The number of carboxylic acid groups (broad SMARTS) is 1. The summed E-state index contributed by atoms with van der Waals surface area (Å²) in [5.41, 5.74) is 1.16. The summed E-state index contributed by atoms with van der Waals surface area (Å²) in [5, 5.41) is 8.91. The highest BCUT2D eigenvalue weighted by molar-refractivity contribution is 7.89. The fourth-order valence-electron chi connectivity index (χ4n) is 3.01. The molecular weight excluding hydrogens is 411 g/mol. The van der Waals surface area contributed by atoms with E-state index < -0.39 is 21.8 Å². The lowest BCUT2D eigenvalue weighted by Crippen LogP contribution is -2.49. The number of hydrogen-bond donors (Lipinski definition) is 1. The Morgan fingerprint density at radius 1 is 1.29 bits per heavy atom. The third-order valence-electron chi connectivity index (χ3n) is 4.53. The Labute approximate surface area is 166 Å². The minimum Gasteiger partial charge on any atom is -0.481 e. The summed E-state index contributed by atoms with van der Waals surface area (Å²) in [4.78, 5) is 20.1. The lowest BCUT2D eigenvalue weighted by molar-refractivity contribution is -0.136. The summed E-state index contributed by atoms with van der Waals surface area (Å²) in [6.45, 7) is 2.46. The number of piperazine rings is 1. The van der Waals surface area contributed by atoms with Gasteiger partial charge in [-0.1, -0.05) is 6.07 Å². The van der Waals surface area contributed by atoms with Crippen LogP contribution in [0.5, 0.6) is 0 Å². The zero-order valence-electron chi connectivity index (χ0n) is 15.0. The molecule has 0 spiro atoms. The highest BCUT2D eigenvalue weighted by atomic mass is 35.5. The summed E-state index contributed by atoms with van der Waals surface area (Å²) in [7, 11) is -3.80. The van der Waals surface area contributed by atoms with E-state index in [2.05, 4.69) is 9.97 Å². The van der Waals surface area contributed by atoms with Crippen LogP contribution in [0.2, 0.25) is 5.28 Å². The summed E-state index contributed by atoms with van der Waals surface area (Å²) in [6, 6.07) is 4.46. The molecule has 0 bridgehead atoms. The Balaban J connectivity index is 1.78. The summed E-state index contributed by atoms with van der Waals surface area (Å²) >= 11 is 5.72. The Kier molecular flexibility index (Phi) is 5.82. The minimum absolute atomic E-state index is 0.0381. The zero-order valence-corrected chi connectivity index (χ0v) is 16.5. The second-order valence-corrected chi connectivity index (χ2v) is 8.64. The fourth-order valence-corrected chi connectivity index (χ4v) is 4.61. The molecular formula is C17H18ClFN4O4S. The molecule has 1 N–H and O–H groups in total. The first-order valence-corrected chi connectivity index (χ1v) is 10.2. The molecule has 1 aromatic heterocycles. The molecule has 1 saturated heterocycles. The largest absolute Gasteiger partial charge is 0.481 e. The molecule has 150 valence electrons. The highest BCUT2D eigenvalue weighted by Gasteiger charge is 2.30. The van der Waals surface area contributed by atoms with Crippen molar-refractivity contribution in [2.24, 2.45) is 0 Å². The van der Waals surface area contributed by atoms with E-state index in [1.807, 2.05) is 0 Å². The molecule has 1 fully saturated rings. The van der Waals surface area contributed by atoms with Crippen LogP contribution in [0.3, 0.4) is 0 Å². The average Bonchev–Trinajstić information content (AvgIpc) is 2.65. The number of sulfonamides is 1. The van der Waals surface area contributed by atoms with Gasteiger partial charge in [0.25, 0.3) is 0 Å². The van der Waals surface area contributed by atoms with Crippen LogP contribution >= 0.6 is 11.6 Å². The second kappa shape index (κ2) is 7.98. The van der Waals surface area contributed by atoms with Gasteiger partial charge in [-0.3, -0.25) is 4.79 Å². The van der Waals surface area contributed by atoms with Crippen molar-refractivity contribution in [2.45, 2.75) is 18.2 Å². The third kappa shape index (κ3) is 4.23. The number of aliphatic carboxylic acids is 1. The van der Waals surface area contributed by atoms with E-state index in [0.29, 0.717) is 11.1 Å². The smallest absolute Gasteiger partial charge is 0.307 e. The van der Waals surface area contributed by atoms with Gasteiger partial charge in [-0.15, -0.1) is 0 Å². The van der Waals surface area contributed by atoms with E-state index in [4.69, 9.17) is 16.7 Å². The number of anilines is 1. The van der Waals surface area contributed by atoms with E-state index in [1.54, 1.807) is 17.9 Å². The molecule has 0 amide bonds. The van der Waals surface area contributed by atoms with Crippen LogP contribution in [0.4, 0.5) is 10.2 Å². The van der Waals surface area contributed by atoms with Crippen molar-refractivity contribution in [3.8, 4) is 0 Å². The molecule has 28 heavy (non-hydrogen) atoms. The van der Waals surface area contributed by atoms with E-state index in [0.717, 1.165) is 6.20 Å². The molecule has 1 aliphatic rings. The van der Waals surface area contributed by atoms with E-state index in [1.165, 1.54) is 16.4 Å². The van der Waals surface area contributed by atoms with E-state index in [-0.39, 0.29) is 48.6 Å². The van der Waals surface area contributed by atoms with Crippen LogP contribution in [0, 0.1) is 12.7 Å². The van der Waals surface area contributed by atoms with Gasteiger partial charge in [-0.05, 0) is 41.8 Å². The molecule has 11 heteroatoms. The molecule has 3 rings (SSSR count). The van der Waals surface area contributed by atoms with Gasteiger partial charge in [0.05, 0.1) is 17.5 Å². The zero-order chi connectivity index (χ0) is 20.5. The predicted molar refractivity (Wildman–Crippen MR) is 100 cm³/mol. The first-order valence-electron chi connectivity index (χ1n) is 8.43. The van der Waals surface area contributed by atoms with Crippen molar-refractivity contribution in [1.29, 1.82) is 0 Å². The van der Waals surface area contributed by atoms with Crippen LogP contribution in [0.1, 0.15) is 11.1 Å². The summed E-state index contributed by atoms with van der Waals surface area (Å²) < 4.78 is 41.1. The number of nitrogens with zero attached hydrogens (tertiary/aromatic N) is 4. The number of aromatic nitrogens is 2. The Morgan fingerprint density at radius 2 is 1.96 bits per heavy atom. The lowest BCUT2D eigenvalue weighted by atomic mass is 10.1. The van der Waals surface area contributed by atoms with Gasteiger partial charge in [0.1, 0.15) is 0 Å². The molecule has 0 saturated carbocycles. The number of halogens is 2. The van der Waals surface area contributed by atoms with Crippen molar-refractivity contribution in [2.75, 3.05) is 31.1 Å². The first kappa shape index (κ1) is 20.4. The van der Waals surface area contributed by atoms with E-state index >= 15 is 0 Å². The number of aryl methyl sites for hydroxylation is 1. The number of hydrogen-bond acceptors (Lipinski definition) is 6. The standard InChI is InChI=1S/C17H18ClFN4O4S/c1-11-2-3-13(8-12(11)9-15(24)25)28(26,27)23-6-4-22(5-7-23)16-14(19)10-20-17(18)21-16/h2-3,8,10H,4-7,9H2,1H3,(H,24,25). The minimum atomic E-state index is -3.80. The van der Waals surface area contributed by atoms with Crippen molar-refractivity contribution in [1.82, 2.24) is 14.3 Å². The molecule has 2 heterocycles. The molecule has 0 unspecified atom stereocenters. The fraction of sp³-hybridized carbons (Fsp3) is 0.353. The maximum Gasteiger partial charge on any atom is 0.307 e. The summed E-state index contributed by atoms with van der Waals surface area (Å²) in [5.74, 6) is -1.62. The van der Waals surface area contributed by atoms with Crippen molar-refractivity contribution >= 4 is 33.4 Å². The van der Waals surface area contributed by atoms with Crippen molar-refractivity contribution in [3.05, 3.63) is 46.6 Å². The molecule has 0 aliphatic carbocycles. The van der Waals surface area contributed by atoms with Crippen LogP contribution in [-0.4, -0.2) is 59.9 Å². The van der Waals surface area contributed by atoms with Gasteiger partial charge in [-0.25, -0.2) is 17.8 Å². The number of carbonyl (C=O) groups is 1. The second-order valence-electron chi connectivity index (χ2n) is 6.36. The Morgan fingerprint density at radius 3 is 2.61 bits per heavy atom. The molecule has 1 aliphatic heterocycles. The molecule has 2 aromatic rings. The van der Waals surface area contributed by atoms with Gasteiger partial charge in [-0.2, -0.15) is 9.29 Å². The van der Waals surface area contributed by atoms with Gasteiger partial charge < -0.3 is 10.0 Å². The van der Waals surface area contributed by atoms with Crippen LogP contribution in [-0.2, 0) is 21.2 Å². The summed E-state index contributed by atoms with van der Waals surface area (Å²) in [6.07, 6.45) is 0.723. The Hall–Kier alpha value is -2.30. The quantitative estimate of drug-likeness (QED) is 0.723. The molecule has 0 radical (unpaired) electrons.